The number of benzene rings is 1. The van der Waals surface area contributed by atoms with Gasteiger partial charge >= 0.3 is 0 Å². The molecule has 0 bridgehead atoms. The van der Waals surface area contributed by atoms with E-state index in [1.807, 2.05) is 30.3 Å². The maximum Gasteiger partial charge on any atom is 0.251 e. The lowest BCUT2D eigenvalue weighted by molar-refractivity contribution is -0.169. The molecule has 0 radical (unpaired) electrons. The van der Waals surface area contributed by atoms with Gasteiger partial charge < -0.3 is 10.2 Å². The van der Waals surface area contributed by atoms with Crippen molar-refractivity contribution in [3.8, 4) is 0 Å². The summed E-state index contributed by atoms with van der Waals surface area (Å²) in [6.45, 7) is 12.2. The number of carbonyl (C=O) groups excluding carboxylic acids is 2. The van der Waals surface area contributed by atoms with Crippen LogP contribution in [0.4, 0.5) is 0 Å². The molecule has 0 aromatic heterocycles. The highest BCUT2D eigenvalue weighted by Gasteiger charge is 2.85. The monoisotopic (exact) mass is 504 g/mol. The van der Waals surface area contributed by atoms with Crippen molar-refractivity contribution in [2.45, 2.75) is 98.1 Å². The summed E-state index contributed by atoms with van der Waals surface area (Å²) in [7, 11) is 4.40. The molecule has 5 aliphatic rings. The fourth-order valence-electron chi connectivity index (χ4n) is 11.3. The van der Waals surface area contributed by atoms with Crippen LogP contribution in [0.5, 0.6) is 0 Å². The molecule has 0 aliphatic heterocycles. The largest absolute Gasteiger partial charge is 0.349 e. The van der Waals surface area contributed by atoms with Crippen molar-refractivity contribution in [1.29, 1.82) is 0 Å². The maximum atomic E-state index is 14.4. The molecule has 4 heteroatoms. The second-order valence-corrected chi connectivity index (χ2v) is 15.0. The topological polar surface area (TPSA) is 49.4 Å². The van der Waals surface area contributed by atoms with Gasteiger partial charge in [-0.2, -0.15) is 0 Å². The fourth-order valence-corrected chi connectivity index (χ4v) is 11.3. The van der Waals surface area contributed by atoms with E-state index in [0.717, 1.165) is 31.2 Å². The number of rotatable bonds is 4. The van der Waals surface area contributed by atoms with Crippen LogP contribution in [0.15, 0.2) is 30.3 Å². The summed E-state index contributed by atoms with van der Waals surface area (Å²) >= 11 is 0. The Hall–Kier alpha value is -1.68. The van der Waals surface area contributed by atoms with Crippen molar-refractivity contribution in [2.75, 3.05) is 14.1 Å². The summed E-state index contributed by atoms with van der Waals surface area (Å²) in [5.74, 6) is 2.25. The molecule has 5 aliphatic carbocycles. The highest BCUT2D eigenvalue weighted by molar-refractivity contribution is 5.94. The second kappa shape index (κ2) is 7.93. The smallest absolute Gasteiger partial charge is 0.251 e. The minimum absolute atomic E-state index is 0.0171. The maximum absolute atomic E-state index is 14.4. The van der Waals surface area contributed by atoms with Gasteiger partial charge in [0.15, 0.2) is 0 Å². The lowest BCUT2D eigenvalue weighted by atomic mass is 9.41. The number of fused-ring (bicyclic) bond motifs is 2. The Morgan fingerprint density at radius 1 is 0.946 bits per heavy atom. The van der Waals surface area contributed by atoms with Crippen LogP contribution in [0, 0.1) is 44.8 Å². The molecule has 1 aromatic rings. The molecule has 4 nitrogen and oxygen atoms in total. The first-order valence-electron chi connectivity index (χ1n) is 14.9. The Morgan fingerprint density at radius 2 is 1.62 bits per heavy atom. The molecule has 6 rings (SSSR count). The van der Waals surface area contributed by atoms with Crippen LogP contribution in [0.3, 0.4) is 0 Å². The SMILES string of the molecule is C[C@H]([C@H]1CC[C@@]2(C)[C@@H]3CC[C@H]4C(C)(C)[C@@H](NC(=O)c5ccccc5)CC[C@]45C[C@]35C(=O)C[C@]12C)N(C)C. The number of hydrogen-bond acceptors (Lipinski definition) is 3. The quantitative estimate of drug-likeness (QED) is 0.520. The van der Waals surface area contributed by atoms with E-state index in [2.05, 4.69) is 58.9 Å². The van der Waals surface area contributed by atoms with Crippen LogP contribution in [0.1, 0.15) is 96.3 Å². The highest BCUT2D eigenvalue weighted by Crippen LogP contribution is 2.87. The van der Waals surface area contributed by atoms with Crippen LogP contribution in [-0.4, -0.2) is 42.8 Å². The first-order chi connectivity index (χ1) is 17.3. The minimum Gasteiger partial charge on any atom is -0.349 e. The molecule has 202 valence electrons. The highest BCUT2D eigenvalue weighted by atomic mass is 16.1. The Kier molecular flexibility index (Phi) is 5.48. The van der Waals surface area contributed by atoms with E-state index >= 15 is 0 Å². The zero-order chi connectivity index (χ0) is 26.6. The number of nitrogens with one attached hydrogen (secondary N) is 1. The predicted molar refractivity (Wildman–Crippen MR) is 148 cm³/mol. The van der Waals surface area contributed by atoms with Gasteiger partial charge in [0.25, 0.3) is 5.91 Å². The zero-order valence-corrected chi connectivity index (χ0v) is 24.2. The van der Waals surface area contributed by atoms with Gasteiger partial charge in [-0.25, -0.2) is 0 Å². The van der Waals surface area contributed by atoms with Crippen molar-refractivity contribution in [3.63, 3.8) is 0 Å². The van der Waals surface area contributed by atoms with E-state index < -0.39 is 0 Å². The number of nitrogens with zero attached hydrogens (tertiary/aromatic N) is 1. The van der Waals surface area contributed by atoms with Crippen LogP contribution in [0.2, 0.25) is 0 Å². The Labute approximate surface area is 224 Å². The molecule has 5 fully saturated rings. The van der Waals surface area contributed by atoms with E-state index in [1.165, 1.54) is 25.7 Å². The summed E-state index contributed by atoms with van der Waals surface area (Å²) in [6.07, 6.45) is 8.85. The lowest BCUT2D eigenvalue weighted by Gasteiger charge is -2.63. The second-order valence-electron chi connectivity index (χ2n) is 15.0. The zero-order valence-electron chi connectivity index (χ0n) is 24.2. The summed E-state index contributed by atoms with van der Waals surface area (Å²) in [4.78, 5) is 29.9. The van der Waals surface area contributed by atoms with E-state index in [9.17, 15) is 9.59 Å². The average molecular weight is 505 g/mol. The molecule has 1 N–H and O–H groups in total. The van der Waals surface area contributed by atoms with Gasteiger partial charge in [0.1, 0.15) is 5.78 Å². The fraction of sp³-hybridized carbons (Fsp3) is 0.758. The number of carbonyl (C=O) groups is 2. The van der Waals surface area contributed by atoms with Crippen LogP contribution in [0.25, 0.3) is 0 Å². The molecule has 5 saturated carbocycles. The molecular formula is C33H48N2O2. The van der Waals surface area contributed by atoms with Crippen LogP contribution in [-0.2, 0) is 4.79 Å². The molecular weight excluding hydrogens is 456 g/mol. The first kappa shape index (κ1) is 25.6. The Balaban J connectivity index is 1.29. The third kappa shape index (κ3) is 3.06. The minimum atomic E-state index is -0.105. The van der Waals surface area contributed by atoms with Gasteiger partial charge in [-0.05, 0) is 118 Å². The molecule has 1 amide bonds. The summed E-state index contributed by atoms with van der Waals surface area (Å²) in [5, 5.41) is 3.43. The molecule has 1 aromatic carbocycles. The molecule has 0 unspecified atom stereocenters. The molecule has 9 atom stereocenters. The van der Waals surface area contributed by atoms with Crippen molar-refractivity contribution < 1.29 is 9.59 Å². The van der Waals surface area contributed by atoms with Gasteiger partial charge in [0.2, 0.25) is 0 Å². The molecule has 0 heterocycles. The van der Waals surface area contributed by atoms with Gasteiger partial charge in [-0.3, -0.25) is 9.59 Å². The van der Waals surface area contributed by atoms with Gasteiger partial charge in [-0.1, -0.05) is 45.9 Å². The van der Waals surface area contributed by atoms with Crippen molar-refractivity contribution in [3.05, 3.63) is 35.9 Å². The van der Waals surface area contributed by atoms with E-state index in [1.54, 1.807) is 0 Å². The van der Waals surface area contributed by atoms with Gasteiger partial charge in [0, 0.05) is 29.5 Å². The Bertz CT molecular complexity index is 1110. The molecule has 0 saturated heterocycles. The van der Waals surface area contributed by atoms with Gasteiger partial charge in [0.05, 0.1) is 0 Å². The molecule has 37 heavy (non-hydrogen) atoms. The van der Waals surface area contributed by atoms with Crippen LogP contribution < -0.4 is 5.32 Å². The molecule has 2 spiro atoms. The first-order valence-corrected chi connectivity index (χ1v) is 14.9. The van der Waals surface area contributed by atoms with Crippen molar-refractivity contribution in [1.82, 2.24) is 10.2 Å². The van der Waals surface area contributed by atoms with Gasteiger partial charge in [-0.15, -0.1) is 0 Å². The summed E-state index contributed by atoms with van der Waals surface area (Å²) in [6, 6.07) is 10.3. The number of amides is 1. The average Bonchev–Trinajstić information content (AvgIpc) is 3.47. The standard InChI is InChI=1S/C33H48N2O2/c1-21(35(6)7)23-15-17-30(4)25-14-13-24-29(2,3)26(34-28(37)22-11-9-8-10-12-22)16-18-32(24)20-33(25,32)27(36)19-31(23,30)5/h8-12,21,23-26H,13-20H2,1-7H3,(H,34,37)/t21-,23-,24+,25+,26+,30+,31-,32+,33-/m1/s1. The summed E-state index contributed by atoms with van der Waals surface area (Å²) in [5.41, 5.74) is 1.11. The van der Waals surface area contributed by atoms with Crippen molar-refractivity contribution >= 4 is 11.7 Å². The number of ketones is 1. The van der Waals surface area contributed by atoms with E-state index in [0.29, 0.717) is 29.6 Å². The van der Waals surface area contributed by atoms with Crippen molar-refractivity contribution in [2.24, 2.45) is 44.8 Å². The predicted octanol–water partition coefficient (Wildman–Crippen LogP) is 6.35. The summed E-state index contributed by atoms with van der Waals surface area (Å²) < 4.78 is 0. The van der Waals surface area contributed by atoms with E-state index in [4.69, 9.17) is 0 Å². The third-order valence-electron chi connectivity index (χ3n) is 13.7. The third-order valence-corrected chi connectivity index (χ3v) is 13.7. The van der Waals surface area contributed by atoms with Crippen LogP contribution >= 0.6 is 0 Å². The Morgan fingerprint density at radius 3 is 2.30 bits per heavy atom. The van der Waals surface area contributed by atoms with E-state index in [-0.39, 0.29) is 39.0 Å². The normalized spacial score (nSPS) is 46.3. The lowest BCUT2D eigenvalue weighted by Crippen LogP contribution is -2.62. The number of Topliss-reactive ketones (excluding diaryl/α,β-unsaturated/α-hetero) is 1. The number of hydrogen-bond donors (Lipinski definition) is 1.